The van der Waals surface area contributed by atoms with Crippen LogP contribution in [-0.4, -0.2) is 48.7 Å². The van der Waals surface area contributed by atoms with Gasteiger partial charge in [0.25, 0.3) is 17.7 Å². The number of hydrogen-bond acceptors (Lipinski definition) is 6. The Morgan fingerprint density at radius 3 is 2.30 bits per heavy atom. The van der Waals surface area contributed by atoms with Crippen LogP contribution < -0.4 is 20.1 Å². The molecule has 4 aromatic rings. The Morgan fingerprint density at radius 1 is 0.818 bits per heavy atom. The molecule has 10 heteroatoms. The average Bonchev–Trinajstić information content (AvgIpc) is 3.05. The van der Waals surface area contributed by atoms with Crippen molar-refractivity contribution < 1.29 is 23.9 Å². The number of methoxy groups -OCH3 is 1. The van der Waals surface area contributed by atoms with Crippen molar-refractivity contribution in [1.29, 1.82) is 0 Å². The van der Waals surface area contributed by atoms with Gasteiger partial charge in [-0.2, -0.15) is 5.10 Å². The van der Waals surface area contributed by atoms with E-state index in [0.717, 1.165) is 24.1 Å². The van der Waals surface area contributed by atoms with Crippen LogP contribution in [0.25, 0.3) is 0 Å². The van der Waals surface area contributed by atoms with Crippen molar-refractivity contribution in [2.75, 3.05) is 30.9 Å². The Morgan fingerprint density at radius 2 is 1.55 bits per heavy atom. The number of carbonyl (C=O) groups excluding carboxylic acids is 3. The number of hydrogen-bond donors (Lipinski definition) is 2. The molecule has 0 saturated carbocycles. The van der Waals surface area contributed by atoms with Crippen LogP contribution in [0.4, 0.5) is 11.4 Å². The van der Waals surface area contributed by atoms with E-state index in [1.54, 1.807) is 79.9 Å². The van der Waals surface area contributed by atoms with Crippen LogP contribution in [0.5, 0.6) is 11.5 Å². The van der Waals surface area contributed by atoms with Crippen LogP contribution in [0.3, 0.4) is 0 Å². The second kappa shape index (κ2) is 13.9. The summed E-state index contributed by atoms with van der Waals surface area (Å²) in [5, 5.41) is 12.2. The molecule has 44 heavy (non-hydrogen) atoms. The summed E-state index contributed by atoms with van der Waals surface area (Å²) in [6, 6.07) is 25.5. The summed E-state index contributed by atoms with van der Waals surface area (Å²) in [5.74, 6) is 0.326. The zero-order chi connectivity index (χ0) is 31.1. The molecule has 0 fully saturated rings. The molecule has 2 N–H and O–H groups in total. The zero-order valence-electron chi connectivity index (χ0n) is 24.3. The van der Waals surface area contributed by atoms with Gasteiger partial charge in [-0.05, 0) is 98.6 Å². The molecule has 3 amide bonds. The minimum Gasteiger partial charge on any atom is -0.493 e. The average molecular weight is 611 g/mol. The highest BCUT2D eigenvalue weighted by Crippen LogP contribution is 2.30. The Kier molecular flexibility index (Phi) is 9.56. The number of halogens is 1. The molecule has 0 aliphatic carbocycles. The molecule has 1 aliphatic heterocycles. The van der Waals surface area contributed by atoms with Gasteiger partial charge in [0.15, 0.2) is 11.5 Å². The number of anilines is 2. The number of amides is 3. The molecule has 1 heterocycles. The van der Waals surface area contributed by atoms with Gasteiger partial charge in [-0.25, -0.2) is 5.01 Å². The second-order valence-corrected chi connectivity index (χ2v) is 10.4. The number of hydrazone groups is 1. The van der Waals surface area contributed by atoms with Gasteiger partial charge < -0.3 is 20.1 Å². The summed E-state index contributed by atoms with van der Waals surface area (Å²) in [7, 11) is 1.59. The lowest BCUT2D eigenvalue weighted by Gasteiger charge is -2.24. The molecule has 0 atom stereocenters. The van der Waals surface area contributed by atoms with Crippen molar-refractivity contribution in [2.24, 2.45) is 5.10 Å². The van der Waals surface area contributed by atoms with Crippen LogP contribution in [0.15, 0.2) is 96.1 Å². The molecular formula is C34H31ClN4O5. The highest BCUT2D eigenvalue weighted by molar-refractivity contribution is 6.31. The summed E-state index contributed by atoms with van der Waals surface area (Å²) in [4.78, 5) is 38.9. The zero-order valence-corrected chi connectivity index (χ0v) is 25.1. The minimum absolute atomic E-state index is 0.267. The lowest BCUT2D eigenvalue weighted by Crippen LogP contribution is -2.32. The van der Waals surface area contributed by atoms with Crippen LogP contribution in [0.2, 0.25) is 5.02 Å². The SMILES string of the molecule is CCOc1cc(C2=NN(C(=O)c3cccc(NC(=O)c4ccc(NC(=O)c5cccc(Cl)c5)cc4)c3)CCC2)ccc1OC. The van der Waals surface area contributed by atoms with E-state index in [0.29, 0.717) is 57.7 Å². The van der Waals surface area contributed by atoms with E-state index in [4.69, 9.17) is 21.1 Å². The van der Waals surface area contributed by atoms with E-state index in [1.807, 2.05) is 25.1 Å². The maximum absolute atomic E-state index is 13.4. The first kappa shape index (κ1) is 30.3. The topological polar surface area (TPSA) is 109 Å². The summed E-state index contributed by atoms with van der Waals surface area (Å²) in [6.07, 6.45) is 1.48. The molecule has 0 spiro atoms. The predicted molar refractivity (Wildman–Crippen MR) is 171 cm³/mol. The lowest BCUT2D eigenvalue weighted by molar-refractivity contribution is 0.0751. The Bertz CT molecular complexity index is 1720. The molecule has 9 nitrogen and oxygen atoms in total. The second-order valence-electron chi connectivity index (χ2n) is 9.95. The minimum atomic E-state index is -0.356. The van der Waals surface area contributed by atoms with E-state index >= 15 is 0 Å². The molecular weight excluding hydrogens is 580 g/mol. The fraction of sp³-hybridized carbons (Fsp3) is 0.176. The Hall–Kier alpha value is -5.15. The lowest BCUT2D eigenvalue weighted by atomic mass is 10.0. The summed E-state index contributed by atoms with van der Waals surface area (Å²) >= 11 is 5.97. The highest BCUT2D eigenvalue weighted by atomic mass is 35.5. The van der Waals surface area contributed by atoms with Gasteiger partial charge in [-0.3, -0.25) is 14.4 Å². The molecule has 224 valence electrons. The van der Waals surface area contributed by atoms with Crippen molar-refractivity contribution in [3.63, 3.8) is 0 Å². The number of rotatable bonds is 9. The fourth-order valence-corrected chi connectivity index (χ4v) is 4.93. The first-order valence-corrected chi connectivity index (χ1v) is 14.5. The third kappa shape index (κ3) is 7.25. The van der Waals surface area contributed by atoms with E-state index in [1.165, 1.54) is 5.01 Å². The van der Waals surface area contributed by atoms with Gasteiger partial charge in [0, 0.05) is 45.2 Å². The van der Waals surface area contributed by atoms with Crippen LogP contribution in [0, 0.1) is 0 Å². The highest BCUT2D eigenvalue weighted by Gasteiger charge is 2.22. The standard InChI is InChI=1S/C34H31ClN4O5/c1-3-44-31-21-23(14-17-30(31)43-2)29-11-6-18-39(38-29)34(42)25-8-5-10-28(20-25)37-32(40)22-12-15-27(16-13-22)36-33(41)24-7-4-9-26(35)19-24/h4-5,7-10,12-17,19-21H,3,6,11,18H2,1-2H3,(H,36,41)(H,37,40). The van der Waals surface area contributed by atoms with Gasteiger partial charge >= 0.3 is 0 Å². The monoisotopic (exact) mass is 610 g/mol. The van der Waals surface area contributed by atoms with Gasteiger partial charge in [-0.1, -0.05) is 23.7 Å². The quantitative estimate of drug-likeness (QED) is 0.214. The first-order chi connectivity index (χ1) is 21.3. The summed E-state index contributed by atoms with van der Waals surface area (Å²) < 4.78 is 11.1. The molecule has 4 aromatic carbocycles. The van der Waals surface area contributed by atoms with Crippen LogP contribution in [-0.2, 0) is 0 Å². The molecule has 5 rings (SSSR count). The van der Waals surface area contributed by atoms with E-state index in [9.17, 15) is 14.4 Å². The normalized spacial score (nSPS) is 12.6. The molecule has 0 saturated heterocycles. The van der Waals surface area contributed by atoms with Crippen LogP contribution >= 0.6 is 11.6 Å². The van der Waals surface area contributed by atoms with Gasteiger partial charge in [0.05, 0.1) is 19.4 Å². The van der Waals surface area contributed by atoms with Crippen LogP contribution in [0.1, 0.15) is 56.4 Å². The first-order valence-electron chi connectivity index (χ1n) is 14.1. The smallest absolute Gasteiger partial charge is 0.274 e. The third-order valence-corrected chi connectivity index (χ3v) is 7.15. The Labute approximate surface area is 260 Å². The van der Waals surface area contributed by atoms with Crippen molar-refractivity contribution in [3.05, 3.63) is 118 Å². The molecule has 1 aliphatic rings. The number of ether oxygens (including phenoxy) is 2. The molecule has 0 radical (unpaired) electrons. The van der Waals surface area contributed by atoms with Gasteiger partial charge in [-0.15, -0.1) is 0 Å². The molecule has 0 unspecified atom stereocenters. The third-order valence-electron chi connectivity index (χ3n) is 6.92. The van der Waals surface area contributed by atoms with Crippen molar-refractivity contribution in [3.8, 4) is 11.5 Å². The van der Waals surface area contributed by atoms with E-state index in [-0.39, 0.29) is 17.7 Å². The largest absolute Gasteiger partial charge is 0.493 e. The van der Waals surface area contributed by atoms with Crippen molar-refractivity contribution >= 4 is 46.4 Å². The van der Waals surface area contributed by atoms with Gasteiger partial charge in [0.2, 0.25) is 0 Å². The number of nitrogens with zero attached hydrogens (tertiary/aromatic N) is 2. The van der Waals surface area contributed by atoms with Gasteiger partial charge in [0.1, 0.15) is 0 Å². The predicted octanol–water partition coefficient (Wildman–Crippen LogP) is 6.89. The van der Waals surface area contributed by atoms with Crippen molar-refractivity contribution in [1.82, 2.24) is 5.01 Å². The van der Waals surface area contributed by atoms with E-state index < -0.39 is 0 Å². The number of benzene rings is 4. The van der Waals surface area contributed by atoms with E-state index in [2.05, 4.69) is 15.7 Å². The summed E-state index contributed by atoms with van der Waals surface area (Å²) in [5.41, 5.74) is 3.86. The maximum atomic E-state index is 13.4. The Balaban J connectivity index is 1.24. The number of carbonyl (C=O) groups is 3. The molecule has 0 aromatic heterocycles. The number of nitrogens with one attached hydrogen (secondary N) is 2. The fourth-order valence-electron chi connectivity index (χ4n) is 4.74. The van der Waals surface area contributed by atoms with Crippen molar-refractivity contribution in [2.45, 2.75) is 19.8 Å². The molecule has 0 bridgehead atoms. The maximum Gasteiger partial charge on any atom is 0.274 e. The summed E-state index contributed by atoms with van der Waals surface area (Å²) in [6.45, 7) is 2.88.